The number of anilines is 1. The Morgan fingerprint density at radius 1 is 1.39 bits per heavy atom. The molecule has 18 heavy (non-hydrogen) atoms. The van der Waals surface area contributed by atoms with Gasteiger partial charge in [-0.05, 0) is 42.4 Å². The molecule has 1 aliphatic heterocycles. The zero-order valence-electron chi connectivity index (χ0n) is 10.2. The number of nitrogens with one attached hydrogen (secondary N) is 1. The lowest BCUT2D eigenvalue weighted by atomic mass is 9.66. The Hall–Kier alpha value is -1.00. The van der Waals surface area contributed by atoms with E-state index in [0.29, 0.717) is 5.75 Å². The smallest absolute Gasteiger partial charge is 0.234 e. The molecular formula is C14H17NO2S. The number of thioether (sulfide) groups is 1. The van der Waals surface area contributed by atoms with Crippen molar-refractivity contribution in [2.75, 3.05) is 17.7 Å². The van der Waals surface area contributed by atoms with Gasteiger partial charge in [0.1, 0.15) is 0 Å². The van der Waals surface area contributed by atoms with Gasteiger partial charge in [-0.2, -0.15) is 0 Å². The van der Waals surface area contributed by atoms with E-state index in [-0.39, 0.29) is 17.9 Å². The van der Waals surface area contributed by atoms with E-state index in [1.54, 1.807) is 11.8 Å². The first-order valence-electron chi connectivity index (χ1n) is 6.37. The second kappa shape index (κ2) is 4.59. The number of benzene rings is 1. The van der Waals surface area contributed by atoms with E-state index in [2.05, 4.69) is 17.4 Å². The topological polar surface area (TPSA) is 49.3 Å². The summed E-state index contributed by atoms with van der Waals surface area (Å²) in [6.07, 6.45) is 4.44. The third kappa shape index (κ3) is 2.15. The van der Waals surface area contributed by atoms with E-state index >= 15 is 0 Å². The lowest BCUT2D eigenvalue weighted by molar-refractivity contribution is -0.113. The minimum Gasteiger partial charge on any atom is -0.396 e. The number of hydrogen-bond acceptors (Lipinski definition) is 3. The Morgan fingerprint density at radius 3 is 2.89 bits per heavy atom. The molecule has 0 unspecified atom stereocenters. The summed E-state index contributed by atoms with van der Waals surface area (Å²) in [7, 11) is 0. The van der Waals surface area contributed by atoms with Gasteiger partial charge >= 0.3 is 0 Å². The Bertz CT molecular complexity index is 477. The van der Waals surface area contributed by atoms with Gasteiger partial charge < -0.3 is 10.4 Å². The first-order valence-corrected chi connectivity index (χ1v) is 7.36. The average molecular weight is 263 g/mol. The van der Waals surface area contributed by atoms with Gasteiger partial charge in [0.25, 0.3) is 0 Å². The van der Waals surface area contributed by atoms with Crippen LogP contribution in [0.15, 0.2) is 23.1 Å². The highest BCUT2D eigenvalue weighted by Crippen LogP contribution is 2.44. The van der Waals surface area contributed by atoms with Gasteiger partial charge in [0.15, 0.2) is 0 Å². The third-order valence-corrected chi connectivity index (χ3v) is 5.06. The van der Waals surface area contributed by atoms with Crippen molar-refractivity contribution in [3.05, 3.63) is 23.8 Å². The van der Waals surface area contributed by atoms with E-state index in [4.69, 9.17) is 0 Å². The summed E-state index contributed by atoms with van der Waals surface area (Å²) < 4.78 is 0. The summed E-state index contributed by atoms with van der Waals surface area (Å²) in [6.45, 7) is 0.286. The second-order valence-electron chi connectivity index (χ2n) is 5.36. The first-order chi connectivity index (χ1) is 8.71. The zero-order chi connectivity index (χ0) is 12.6. The monoisotopic (exact) mass is 263 g/mol. The van der Waals surface area contributed by atoms with Crippen LogP contribution in [0.4, 0.5) is 5.69 Å². The summed E-state index contributed by atoms with van der Waals surface area (Å²) in [4.78, 5) is 12.4. The maximum atomic E-state index is 11.3. The second-order valence-corrected chi connectivity index (χ2v) is 6.37. The van der Waals surface area contributed by atoms with E-state index in [0.717, 1.165) is 29.8 Å². The Morgan fingerprint density at radius 2 is 2.22 bits per heavy atom. The number of aliphatic hydroxyl groups is 1. The maximum Gasteiger partial charge on any atom is 0.234 e. The maximum absolute atomic E-state index is 11.3. The molecule has 0 saturated heterocycles. The van der Waals surface area contributed by atoms with Crippen LogP contribution >= 0.6 is 11.8 Å². The number of rotatable bonds is 3. The molecule has 0 atom stereocenters. The van der Waals surface area contributed by atoms with Gasteiger partial charge in [-0.25, -0.2) is 0 Å². The fourth-order valence-electron chi connectivity index (χ4n) is 2.73. The van der Waals surface area contributed by atoms with Crippen molar-refractivity contribution >= 4 is 23.4 Å². The largest absolute Gasteiger partial charge is 0.396 e. The van der Waals surface area contributed by atoms with Crippen LogP contribution in [0.1, 0.15) is 24.8 Å². The summed E-state index contributed by atoms with van der Waals surface area (Å²) in [5.41, 5.74) is 2.31. The van der Waals surface area contributed by atoms with Crippen molar-refractivity contribution in [2.24, 2.45) is 5.41 Å². The van der Waals surface area contributed by atoms with Gasteiger partial charge in [0.2, 0.25) is 5.91 Å². The van der Waals surface area contributed by atoms with Crippen LogP contribution in [0, 0.1) is 5.41 Å². The molecule has 0 radical (unpaired) electrons. The minimum atomic E-state index is 0.0751. The van der Waals surface area contributed by atoms with Crippen molar-refractivity contribution in [2.45, 2.75) is 30.6 Å². The summed E-state index contributed by atoms with van der Waals surface area (Å²) in [6, 6.07) is 6.22. The molecule has 1 aromatic rings. The van der Waals surface area contributed by atoms with E-state index in [9.17, 15) is 9.90 Å². The van der Waals surface area contributed by atoms with Gasteiger partial charge in [-0.3, -0.25) is 4.79 Å². The van der Waals surface area contributed by atoms with Crippen LogP contribution < -0.4 is 5.32 Å². The first kappa shape index (κ1) is 12.1. The lowest BCUT2D eigenvalue weighted by Gasteiger charge is -2.40. The number of carbonyl (C=O) groups excluding carboxylic acids is 1. The molecule has 1 fully saturated rings. The van der Waals surface area contributed by atoms with Crippen LogP contribution in [-0.2, 0) is 11.2 Å². The molecule has 0 bridgehead atoms. The predicted octanol–water partition coefficient (Wildman–Crippen LogP) is 2.44. The Kier molecular flexibility index (Phi) is 3.08. The highest BCUT2D eigenvalue weighted by atomic mass is 32.2. The molecule has 1 aromatic carbocycles. The standard InChI is InChI=1S/C14H17NO2S/c16-9-14(4-1-5-14)7-10-2-3-11-12(6-10)18-8-13(17)15-11/h2-3,6,16H,1,4-5,7-9H2,(H,15,17). The molecule has 2 aliphatic rings. The average Bonchev–Trinajstić information content (AvgIpc) is 2.34. The molecule has 3 nitrogen and oxygen atoms in total. The quantitative estimate of drug-likeness (QED) is 0.880. The molecule has 2 N–H and O–H groups in total. The fourth-order valence-corrected chi connectivity index (χ4v) is 3.60. The number of carbonyl (C=O) groups is 1. The van der Waals surface area contributed by atoms with Gasteiger partial charge in [-0.1, -0.05) is 12.5 Å². The van der Waals surface area contributed by atoms with E-state index in [1.165, 1.54) is 12.0 Å². The molecule has 1 saturated carbocycles. The zero-order valence-corrected chi connectivity index (χ0v) is 11.1. The van der Waals surface area contributed by atoms with Crippen LogP contribution in [-0.4, -0.2) is 23.4 Å². The van der Waals surface area contributed by atoms with Crippen molar-refractivity contribution < 1.29 is 9.90 Å². The van der Waals surface area contributed by atoms with Gasteiger partial charge in [0, 0.05) is 11.5 Å². The van der Waals surface area contributed by atoms with Gasteiger partial charge in [-0.15, -0.1) is 11.8 Å². The molecule has 1 aliphatic carbocycles. The highest BCUT2D eigenvalue weighted by molar-refractivity contribution is 8.00. The van der Waals surface area contributed by atoms with Crippen LogP contribution in [0.2, 0.25) is 0 Å². The van der Waals surface area contributed by atoms with Crippen molar-refractivity contribution in [1.29, 1.82) is 0 Å². The molecule has 0 spiro atoms. The highest BCUT2D eigenvalue weighted by Gasteiger charge is 2.36. The SMILES string of the molecule is O=C1CSc2cc(CC3(CO)CCC3)ccc2N1. The Balaban J connectivity index is 1.80. The van der Waals surface area contributed by atoms with E-state index < -0.39 is 0 Å². The summed E-state index contributed by atoms with van der Waals surface area (Å²) >= 11 is 1.60. The number of fused-ring (bicyclic) bond motifs is 1. The van der Waals surface area contributed by atoms with Crippen molar-refractivity contribution in [1.82, 2.24) is 0 Å². The lowest BCUT2D eigenvalue weighted by Crippen LogP contribution is -2.35. The van der Waals surface area contributed by atoms with Crippen LogP contribution in [0.5, 0.6) is 0 Å². The van der Waals surface area contributed by atoms with Crippen LogP contribution in [0.25, 0.3) is 0 Å². The molecule has 3 rings (SSSR count). The third-order valence-electron chi connectivity index (χ3n) is 4.01. The molecular weight excluding hydrogens is 246 g/mol. The molecule has 0 aromatic heterocycles. The summed E-state index contributed by atoms with van der Waals surface area (Å²) in [5, 5.41) is 12.4. The summed E-state index contributed by atoms with van der Waals surface area (Å²) in [5.74, 6) is 0.577. The molecule has 1 amide bonds. The minimum absolute atomic E-state index is 0.0751. The number of hydrogen-bond donors (Lipinski definition) is 2. The van der Waals surface area contributed by atoms with Crippen molar-refractivity contribution in [3.63, 3.8) is 0 Å². The van der Waals surface area contributed by atoms with E-state index in [1.807, 2.05) is 6.07 Å². The fraction of sp³-hybridized carbons (Fsp3) is 0.500. The van der Waals surface area contributed by atoms with Crippen LogP contribution in [0.3, 0.4) is 0 Å². The van der Waals surface area contributed by atoms with Gasteiger partial charge in [0.05, 0.1) is 11.4 Å². The number of amides is 1. The molecule has 1 heterocycles. The molecule has 4 heteroatoms. The predicted molar refractivity (Wildman–Crippen MR) is 72.9 cm³/mol. The van der Waals surface area contributed by atoms with Crippen molar-refractivity contribution in [3.8, 4) is 0 Å². The normalized spacial score (nSPS) is 20.8. The number of aliphatic hydroxyl groups excluding tert-OH is 1. The Labute approximate surface area is 111 Å². The molecule has 96 valence electrons.